The largest absolute Gasteiger partial charge is 0.331 e. The number of nitrogens with one attached hydrogen (secondary N) is 1. The number of hydrogen-bond donors (Lipinski definition) is 1. The van der Waals surface area contributed by atoms with Gasteiger partial charge in [-0.25, -0.2) is 13.2 Å². The maximum atomic E-state index is 12.4. The lowest BCUT2D eigenvalue weighted by Crippen LogP contribution is -2.40. The number of amides is 2. The zero-order valence-corrected chi connectivity index (χ0v) is 14.7. The van der Waals surface area contributed by atoms with E-state index in [1.165, 1.54) is 6.26 Å². The van der Waals surface area contributed by atoms with Crippen LogP contribution < -0.4 is 5.32 Å². The lowest BCUT2D eigenvalue weighted by molar-refractivity contribution is 0.205. The molecule has 0 aromatic heterocycles. The predicted octanol–water partition coefficient (Wildman–Crippen LogP) is 2.73. The van der Waals surface area contributed by atoms with E-state index < -0.39 is 15.1 Å². The molecule has 2 atom stereocenters. The van der Waals surface area contributed by atoms with Crippen LogP contribution in [0.3, 0.4) is 0 Å². The molecule has 0 radical (unpaired) electrons. The molecule has 1 aliphatic rings. The van der Waals surface area contributed by atoms with Crippen molar-refractivity contribution in [2.45, 2.75) is 24.6 Å². The Bertz CT molecular complexity index is 863. The summed E-state index contributed by atoms with van der Waals surface area (Å²) >= 11 is 0. The molecule has 128 valence electrons. The molecule has 2 aromatic rings. The second-order valence-electron chi connectivity index (χ2n) is 6.46. The number of benzene rings is 2. The number of sulfone groups is 1. The number of fused-ring (bicyclic) bond motifs is 1. The minimum absolute atomic E-state index is 0.139. The van der Waals surface area contributed by atoms with Gasteiger partial charge in [0.1, 0.15) is 0 Å². The topological polar surface area (TPSA) is 66.5 Å². The lowest BCUT2D eigenvalue weighted by atomic mass is 10.0. The van der Waals surface area contributed by atoms with Gasteiger partial charge in [0.25, 0.3) is 0 Å². The molecule has 2 amide bonds. The lowest BCUT2D eigenvalue weighted by Gasteiger charge is -2.21. The van der Waals surface area contributed by atoms with E-state index in [9.17, 15) is 13.2 Å². The highest BCUT2D eigenvalue weighted by molar-refractivity contribution is 7.91. The van der Waals surface area contributed by atoms with Gasteiger partial charge in [-0.05, 0) is 35.7 Å². The molecule has 0 spiro atoms. The maximum Gasteiger partial charge on any atom is 0.317 e. The van der Waals surface area contributed by atoms with Gasteiger partial charge in [0.15, 0.2) is 9.84 Å². The summed E-state index contributed by atoms with van der Waals surface area (Å²) in [6.07, 6.45) is 1.74. The standard InChI is InChI=1S/C18H22N2O3S/c1-13(15-8-7-14-5-3-4-6-16(14)11-15)19-18(21)20-10-9-17(12-20)24(2,22)23/h3-8,11,13,17H,9-10,12H2,1-2H3,(H,19,21)/t13-,17+/m1/s1. The molecule has 0 unspecified atom stereocenters. The Morgan fingerprint density at radius 1 is 1.21 bits per heavy atom. The number of likely N-dealkylation sites (tertiary alicyclic amines) is 1. The second-order valence-corrected chi connectivity index (χ2v) is 8.79. The number of hydrogen-bond acceptors (Lipinski definition) is 3. The molecule has 5 nitrogen and oxygen atoms in total. The van der Waals surface area contributed by atoms with Gasteiger partial charge in [0, 0.05) is 19.3 Å². The number of rotatable bonds is 3. The van der Waals surface area contributed by atoms with Crippen LogP contribution in [0.25, 0.3) is 10.8 Å². The molecule has 1 heterocycles. The van der Waals surface area contributed by atoms with Gasteiger partial charge >= 0.3 is 6.03 Å². The third-order valence-electron chi connectivity index (χ3n) is 4.65. The van der Waals surface area contributed by atoms with E-state index in [4.69, 9.17) is 0 Å². The summed E-state index contributed by atoms with van der Waals surface area (Å²) in [5.74, 6) is 0. The van der Waals surface area contributed by atoms with Crippen LogP contribution in [0.15, 0.2) is 42.5 Å². The molecular weight excluding hydrogens is 324 g/mol. The first-order chi connectivity index (χ1) is 11.3. The molecule has 1 saturated heterocycles. The van der Waals surface area contributed by atoms with Crippen molar-refractivity contribution in [2.24, 2.45) is 0 Å². The summed E-state index contributed by atoms with van der Waals surface area (Å²) in [5.41, 5.74) is 1.03. The molecule has 0 bridgehead atoms. The molecule has 2 aromatic carbocycles. The van der Waals surface area contributed by atoms with Crippen LogP contribution in [0.1, 0.15) is 24.9 Å². The van der Waals surface area contributed by atoms with Crippen molar-refractivity contribution in [3.8, 4) is 0 Å². The minimum atomic E-state index is -3.10. The van der Waals surface area contributed by atoms with Crippen molar-refractivity contribution in [3.63, 3.8) is 0 Å². The van der Waals surface area contributed by atoms with Gasteiger partial charge in [0.2, 0.25) is 0 Å². The van der Waals surface area contributed by atoms with Gasteiger partial charge in [-0.3, -0.25) is 0 Å². The Hall–Kier alpha value is -2.08. The van der Waals surface area contributed by atoms with Crippen LogP contribution in [0.5, 0.6) is 0 Å². The molecule has 3 rings (SSSR count). The highest BCUT2D eigenvalue weighted by Gasteiger charge is 2.32. The van der Waals surface area contributed by atoms with Crippen molar-refractivity contribution < 1.29 is 13.2 Å². The summed E-state index contributed by atoms with van der Waals surface area (Å²) in [6, 6.07) is 13.9. The van der Waals surface area contributed by atoms with Gasteiger partial charge < -0.3 is 10.2 Å². The summed E-state index contributed by atoms with van der Waals surface area (Å²) in [5, 5.41) is 4.82. The zero-order chi connectivity index (χ0) is 17.3. The Balaban J connectivity index is 1.67. The Morgan fingerprint density at radius 2 is 1.92 bits per heavy atom. The molecular formula is C18H22N2O3S. The summed E-state index contributed by atoms with van der Waals surface area (Å²) in [7, 11) is -3.10. The summed E-state index contributed by atoms with van der Waals surface area (Å²) in [4.78, 5) is 14.0. The SMILES string of the molecule is C[C@@H](NC(=O)N1CC[C@H](S(C)(=O)=O)C1)c1ccc2ccccc2c1. The van der Waals surface area contributed by atoms with E-state index in [0.717, 1.165) is 16.3 Å². The van der Waals surface area contributed by atoms with E-state index in [1.54, 1.807) is 4.90 Å². The molecule has 1 fully saturated rings. The summed E-state index contributed by atoms with van der Waals surface area (Å²) in [6.45, 7) is 2.69. The number of carbonyl (C=O) groups is 1. The average Bonchev–Trinajstić information content (AvgIpc) is 3.04. The quantitative estimate of drug-likeness (QED) is 0.929. The Kier molecular flexibility index (Phi) is 4.49. The van der Waals surface area contributed by atoms with Crippen LogP contribution in [-0.2, 0) is 9.84 Å². The maximum absolute atomic E-state index is 12.4. The molecule has 0 saturated carbocycles. The predicted molar refractivity (Wildman–Crippen MR) is 95.7 cm³/mol. The fourth-order valence-electron chi connectivity index (χ4n) is 3.10. The van der Waals surface area contributed by atoms with Crippen LogP contribution in [0, 0.1) is 0 Å². The van der Waals surface area contributed by atoms with Crippen molar-refractivity contribution in [1.29, 1.82) is 0 Å². The molecule has 1 aliphatic heterocycles. The normalized spacial score (nSPS) is 19.4. The first-order valence-corrected chi connectivity index (χ1v) is 10.0. The molecule has 6 heteroatoms. The van der Waals surface area contributed by atoms with Crippen molar-refractivity contribution >= 4 is 26.6 Å². The second kappa shape index (κ2) is 6.43. The van der Waals surface area contributed by atoms with Crippen LogP contribution in [0.4, 0.5) is 4.79 Å². The first kappa shape index (κ1) is 16.8. The smallest absolute Gasteiger partial charge is 0.317 e. The minimum Gasteiger partial charge on any atom is -0.331 e. The van der Waals surface area contributed by atoms with E-state index in [0.29, 0.717) is 13.0 Å². The number of nitrogens with zero attached hydrogens (tertiary/aromatic N) is 1. The molecule has 24 heavy (non-hydrogen) atoms. The zero-order valence-electron chi connectivity index (χ0n) is 13.9. The van der Waals surface area contributed by atoms with E-state index >= 15 is 0 Å². The van der Waals surface area contributed by atoms with E-state index in [2.05, 4.69) is 17.4 Å². The van der Waals surface area contributed by atoms with Crippen LogP contribution in [0.2, 0.25) is 0 Å². The van der Waals surface area contributed by atoms with Gasteiger partial charge in [0.05, 0.1) is 11.3 Å². The Morgan fingerprint density at radius 3 is 2.58 bits per heavy atom. The highest BCUT2D eigenvalue weighted by Crippen LogP contribution is 2.21. The van der Waals surface area contributed by atoms with Crippen LogP contribution in [-0.4, -0.2) is 43.9 Å². The van der Waals surface area contributed by atoms with E-state index in [1.807, 2.05) is 37.3 Å². The average molecular weight is 346 g/mol. The number of urea groups is 1. The monoisotopic (exact) mass is 346 g/mol. The van der Waals surface area contributed by atoms with Crippen molar-refractivity contribution in [2.75, 3.05) is 19.3 Å². The van der Waals surface area contributed by atoms with Gasteiger partial charge in [-0.2, -0.15) is 0 Å². The molecule has 0 aliphatic carbocycles. The fraction of sp³-hybridized carbons (Fsp3) is 0.389. The van der Waals surface area contributed by atoms with Gasteiger partial charge in [-0.1, -0.05) is 36.4 Å². The van der Waals surface area contributed by atoms with Crippen LogP contribution >= 0.6 is 0 Å². The van der Waals surface area contributed by atoms with Crippen molar-refractivity contribution in [3.05, 3.63) is 48.0 Å². The third kappa shape index (κ3) is 3.53. The first-order valence-electron chi connectivity index (χ1n) is 8.07. The number of carbonyl (C=O) groups excluding carboxylic acids is 1. The third-order valence-corrected chi connectivity index (χ3v) is 6.25. The fourth-order valence-corrected chi connectivity index (χ4v) is 4.08. The van der Waals surface area contributed by atoms with Crippen molar-refractivity contribution in [1.82, 2.24) is 10.2 Å². The highest BCUT2D eigenvalue weighted by atomic mass is 32.2. The van der Waals surface area contributed by atoms with Gasteiger partial charge in [-0.15, -0.1) is 0 Å². The van der Waals surface area contributed by atoms with E-state index in [-0.39, 0.29) is 18.6 Å². The molecule has 1 N–H and O–H groups in total. The Labute approximate surface area is 142 Å². The summed E-state index contributed by atoms with van der Waals surface area (Å²) < 4.78 is 23.2.